The van der Waals surface area contributed by atoms with Crippen LogP contribution in [0.3, 0.4) is 0 Å². The van der Waals surface area contributed by atoms with Crippen molar-refractivity contribution in [2.75, 3.05) is 0 Å². The van der Waals surface area contributed by atoms with E-state index in [9.17, 15) is 4.79 Å². The number of halogens is 1. The van der Waals surface area contributed by atoms with Gasteiger partial charge in [0.25, 0.3) is 5.56 Å². The molecule has 0 radical (unpaired) electrons. The second-order valence-corrected chi connectivity index (χ2v) is 4.57. The molecule has 2 nitrogen and oxygen atoms in total. The van der Waals surface area contributed by atoms with E-state index in [2.05, 4.69) is 20.9 Å². The Hall–Kier alpha value is -0.610. The Bertz CT molecular complexity index is 485. The third kappa shape index (κ3) is 1.03. The molecule has 0 amide bonds. The first-order chi connectivity index (χ1) is 5.70. The minimum absolute atomic E-state index is 0.0243. The van der Waals surface area contributed by atoms with Crippen molar-refractivity contribution >= 4 is 37.4 Å². The van der Waals surface area contributed by atoms with E-state index in [0.29, 0.717) is 0 Å². The van der Waals surface area contributed by atoms with Crippen LogP contribution in [0.2, 0.25) is 0 Å². The summed E-state index contributed by atoms with van der Waals surface area (Å²) in [5, 5.41) is 0.764. The van der Waals surface area contributed by atoms with Gasteiger partial charge in [-0.1, -0.05) is 0 Å². The van der Waals surface area contributed by atoms with E-state index in [0.717, 1.165) is 19.4 Å². The summed E-state index contributed by atoms with van der Waals surface area (Å²) in [4.78, 5) is 15.1. The van der Waals surface area contributed by atoms with Crippen molar-refractivity contribution in [3.05, 3.63) is 32.0 Å². The molecule has 0 bridgehead atoms. The summed E-state index contributed by atoms with van der Waals surface area (Å²) in [6, 6.07) is 1.92. The number of aromatic nitrogens is 1. The summed E-state index contributed by atoms with van der Waals surface area (Å²) in [5.74, 6) is 0. The zero-order valence-corrected chi connectivity index (χ0v) is 8.75. The zero-order valence-electron chi connectivity index (χ0n) is 6.35. The van der Waals surface area contributed by atoms with Gasteiger partial charge < -0.3 is 4.98 Å². The molecule has 0 aliphatic heterocycles. The van der Waals surface area contributed by atoms with Crippen LogP contribution in [0.25, 0.3) is 10.1 Å². The smallest absolute Gasteiger partial charge is 0.257 e. The van der Waals surface area contributed by atoms with E-state index in [-0.39, 0.29) is 5.56 Å². The molecule has 2 heterocycles. The maximum atomic E-state index is 11.3. The van der Waals surface area contributed by atoms with Gasteiger partial charge in [-0.15, -0.1) is 11.3 Å². The lowest BCUT2D eigenvalue weighted by Gasteiger charge is -1.86. The fourth-order valence-corrected chi connectivity index (χ4v) is 2.86. The Labute approximate surface area is 81.4 Å². The Morgan fingerprint density at radius 2 is 2.33 bits per heavy atom. The number of aryl methyl sites for hydroxylation is 1. The fourth-order valence-electron chi connectivity index (χ4n) is 1.14. The highest BCUT2D eigenvalue weighted by Crippen LogP contribution is 2.31. The van der Waals surface area contributed by atoms with Crippen LogP contribution < -0.4 is 5.56 Å². The third-order valence-corrected chi connectivity index (χ3v) is 4.04. The third-order valence-electron chi connectivity index (χ3n) is 1.71. The number of rotatable bonds is 0. The standard InChI is InChI=1S/C8H6BrNOS/c1-4-7(9)6-5(12-4)2-3-10-8(6)11/h2-3H,1H3,(H,10,11). The number of fused-ring (bicyclic) bond motifs is 1. The van der Waals surface area contributed by atoms with Crippen LogP contribution in [0, 0.1) is 6.92 Å². The second-order valence-electron chi connectivity index (χ2n) is 2.52. The summed E-state index contributed by atoms with van der Waals surface area (Å²) in [7, 11) is 0. The average molecular weight is 244 g/mol. The highest BCUT2D eigenvalue weighted by molar-refractivity contribution is 9.10. The van der Waals surface area contributed by atoms with Crippen LogP contribution in [0.4, 0.5) is 0 Å². The Kier molecular flexibility index (Phi) is 1.81. The summed E-state index contributed by atoms with van der Waals surface area (Å²) in [5.41, 5.74) is -0.0243. The molecular weight excluding hydrogens is 238 g/mol. The molecule has 2 aromatic rings. The number of hydrogen-bond donors (Lipinski definition) is 1. The largest absolute Gasteiger partial charge is 0.328 e. The van der Waals surface area contributed by atoms with E-state index >= 15 is 0 Å². The van der Waals surface area contributed by atoms with Gasteiger partial charge in [0, 0.05) is 20.2 Å². The van der Waals surface area contributed by atoms with Gasteiger partial charge in [0.1, 0.15) is 0 Å². The molecule has 4 heteroatoms. The fraction of sp³-hybridized carbons (Fsp3) is 0.125. The lowest BCUT2D eigenvalue weighted by Crippen LogP contribution is -2.02. The molecule has 0 atom stereocenters. The van der Waals surface area contributed by atoms with Crippen LogP contribution in [0.1, 0.15) is 4.88 Å². The van der Waals surface area contributed by atoms with Crippen molar-refractivity contribution in [2.24, 2.45) is 0 Å². The molecule has 0 spiro atoms. The molecule has 1 N–H and O–H groups in total. The van der Waals surface area contributed by atoms with Gasteiger partial charge in [-0.2, -0.15) is 0 Å². The van der Waals surface area contributed by atoms with Crippen LogP contribution >= 0.6 is 27.3 Å². The van der Waals surface area contributed by atoms with Gasteiger partial charge >= 0.3 is 0 Å². The van der Waals surface area contributed by atoms with Crippen molar-refractivity contribution in [1.82, 2.24) is 4.98 Å². The molecule has 0 fully saturated rings. The molecule has 0 saturated carbocycles. The molecular formula is C8H6BrNOS. The summed E-state index contributed by atoms with van der Waals surface area (Å²) < 4.78 is 1.95. The molecule has 2 rings (SSSR count). The van der Waals surface area contributed by atoms with E-state index in [4.69, 9.17) is 0 Å². The lowest BCUT2D eigenvalue weighted by molar-refractivity contribution is 1.28. The molecule has 0 aliphatic rings. The Morgan fingerprint density at radius 1 is 1.58 bits per heavy atom. The van der Waals surface area contributed by atoms with Gasteiger partial charge in [-0.05, 0) is 28.9 Å². The van der Waals surface area contributed by atoms with Crippen molar-refractivity contribution in [1.29, 1.82) is 0 Å². The number of pyridine rings is 1. The minimum atomic E-state index is -0.0243. The number of thiophene rings is 1. The SMILES string of the molecule is Cc1sc2cc[nH]c(=O)c2c1Br. The second kappa shape index (κ2) is 2.71. The van der Waals surface area contributed by atoms with Crippen molar-refractivity contribution in [3.63, 3.8) is 0 Å². The van der Waals surface area contributed by atoms with Crippen molar-refractivity contribution in [2.45, 2.75) is 6.92 Å². The molecule has 2 aromatic heterocycles. The summed E-state index contributed by atoms with van der Waals surface area (Å²) in [6.07, 6.45) is 1.67. The van der Waals surface area contributed by atoms with E-state index in [1.165, 1.54) is 0 Å². The molecule has 0 unspecified atom stereocenters. The molecule has 12 heavy (non-hydrogen) atoms. The molecule has 62 valence electrons. The Balaban J connectivity index is 3.07. The highest BCUT2D eigenvalue weighted by Gasteiger charge is 2.08. The van der Waals surface area contributed by atoms with Crippen LogP contribution in [0.15, 0.2) is 21.5 Å². The monoisotopic (exact) mass is 243 g/mol. The highest BCUT2D eigenvalue weighted by atomic mass is 79.9. The summed E-state index contributed by atoms with van der Waals surface area (Å²) in [6.45, 7) is 1.99. The molecule has 0 aromatic carbocycles. The van der Waals surface area contributed by atoms with Crippen molar-refractivity contribution in [3.8, 4) is 0 Å². The topological polar surface area (TPSA) is 32.9 Å². The minimum Gasteiger partial charge on any atom is -0.328 e. The zero-order chi connectivity index (χ0) is 8.72. The van der Waals surface area contributed by atoms with Gasteiger partial charge in [0.2, 0.25) is 0 Å². The predicted molar refractivity (Wildman–Crippen MR) is 54.9 cm³/mol. The molecule has 0 saturated heterocycles. The Morgan fingerprint density at radius 3 is 3.00 bits per heavy atom. The van der Waals surface area contributed by atoms with Gasteiger partial charge in [-0.3, -0.25) is 4.79 Å². The normalized spacial score (nSPS) is 10.8. The lowest BCUT2D eigenvalue weighted by atomic mass is 10.3. The first kappa shape index (κ1) is 8.01. The van der Waals surface area contributed by atoms with E-state index in [1.54, 1.807) is 17.5 Å². The van der Waals surface area contributed by atoms with Gasteiger partial charge in [-0.25, -0.2) is 0 Å². The number of nitrogens with one attached hydrogen (secondary N) is 1. The molecule has 0 aliphatic carbocycles. The van der Waals surface area contributed by atoms with E-state index < -0.39 is 0 Å². The first-order valence-electron chi connectivity index (χ1n) is 3.46. The average Bonchev–Trinajstić information content (AvgIpc) is 2.29. The number of aromatic amines is 1. The van der Waals surface area contributed by atoms with Crippen LogP contribution in [-0.2, 0) is 0 Å². The van der Waals surface area contributed by atoms with Crippen LogP contribution in [-0.4, -0.2) is 4.98 Å². The number of hydrogen-bond acceptors (Lipinski definition) is 2. The van der Waals surface area contributed by atoms with Gasteiger partial charge in [0.15, 0.2) is 0 Å². The maximum absolute atomic E-state index is 11.3. The first-order valence-corrected chi connectivity index (χ1v) is 5.07. The van der Waals surface area contributed by atoms with Crippen LogP contribution in [0.5, 0.6) is 0 Å². The van der Waals surface area contributed by atoms with Gasteiger partial charge in [0.05, 0.1) is 5.39 Å². The summed E-state index contributed by atoms with van der Waals surface area (Å²) >= 11 is 5.02. The predicted octanol–water partition coefficient (Wildman–Crippen LogP) is 2.66. The maximum Gasteiger partial charge on any atom is 0.257 e. The van der Waals surface area contributed by atoms with E-state index in [1.807, 2.05) is 13.0 Å². The van der Waals surface area contributed by atoms with Crippen molar-refractivity contribution < 1.29 is 0 Å². The quantitative estimate of drug-likeness (QED) is 0.759. The number of H-pyrrole nitrogens is 1.